The van der Waals surface area contributed by atoms with Crippen molar-refractivity contribution in [2.24, 2.45) is 5.92 Å². The number of rotatable bonds is 18. The molecule has 4 heteroatoms. The highest BCUT2D eigenvalue weighted by atomic mass is 79.9. The molecule has 0 aromatic heterocycles. The van der Waals surface area contributed by atoms with Gasteiger partial charge in [-0.1, -0.05) is 74.7 Å². The van der Waals surface area contributed by atoms with Gasteiger partial charge in [0.2, 0.25) is 0 Å². The molecule has 1 atom stereocenters. The molecule has 3 nitrogen and oxygen atoms in total. The van der Waals surface area contributed by atoms with Gasteiger partial charge in [0.15, 0.2) is 0 Å². The number of esters is 1. The van der Waals surface area contributed by atoms with E-state index >= 15 is 0 Å². The fourth-order valence-electron chi connectivity index (χ4n) is 2.58. The number of halogens is 1. The first kappa shape index (κ1) is 23.9. The molecule has 0 N–H and O–H groups in total. The monoisotopic (exact) mass is 406 g/mol. The average Bonchev–Trinajstić information content (AvgIpc) is 2.59. The second-order valence-corrected chi connectivity index (χ2v) is 7.37. The van der Waals surface area contributed by atoms with Crippen molar-refractivity contribution in [1.82, 2.24) is 0 Å². The number of hydrogen-bond donors (Lipinski definition) is 0. The molecule has 0 fully saturated rings. The van der Waals surface area contributed by atoms with E-state index in [9.17, 15) is 4.79 Å². The van der Waals surface area contributed by atoms with Crippen molar-refractivity contribution >= 4 is 21.9 Å². The Balaban J connectivity index is 3.48. The summed E-state index contributed by atoms with van der Waals surface area (Å²) in [5, 5.41) is 1.02. The van der Waals surface area contributed by atoms with E-state index in [1.165, 1.54) is 44.9 Å². The molecule has 0 aliphatic rings. The second-order valence-electron chi connectivity index (χ2n) is 6.57. The molecule has 24 heavy (non-hydrogen) atoms. The zero-order valence-electron chi connectivity index (χ0n) is 16.0. The molecule has 144 valence electrons. The minimum atomic E-state index is -0.102. The van der Waals surface area contributed by atoms with Crippen LogP contribution in [0.1, 0.15) is 90.9 Å². The molecule has 1 unspecified atom stereocenters. The van der Waals surface area contributed by atoms with Gasteiger partial charge in [-0.3, -0.25) is 4.79 Å². The summed E-state index contributed by atoms with van der Waals surface area (Å²) in [6, 6.07) is 0. The third kappa shape index (κ3) is 15.4. The molecule has 0 heterocycles. The maximum atomic E-state index is 12.0. The van der Waals surface area contributed by atoms with Crippen LogP contribution in [0.25, 0.3) is 0 Å². The maximum absolute atomic E-state index is 12.0. The zero-order chi connectivity index (χ0) is 17.9. The van der Waals surface area contributed by atoms with Crippen LogP contribution in [0.3, 0.4) is 0 Å². The molecule has 0 aliphatic heterocycles. The second kappa shape index (κ2) is 19.2. The van der Waals surface area contributed by atoms with Crippen LogP contribution in [0.5, 0.6) is 0 Å². The summed E-state index contributed by atoms with van der Waals surface area (Å²) < 4.78 is 11.0. The maximum Gasteiger partial charge on any atom is 0.311 e. The van der Waals surface area contributed by atoms with E-state index in [2.05, 4.69) is 22.9 Å². The van der Waals surface area contributed by atoms with E-state index in [4.69, 9.17) is 9.47 Å². The van der Waals surface area contributed by atoms with Gasteiger partial charge in [0.05, 0.1) is 19.1 Å². The molecule has 0 aliphatic carbocycles. The molecule has 0 saturated carbocycles. The molecular weight excluding hydrogens is 368 g/mol. The molecule has 0 spiro atoms. The van der Waals surface area contributed by atoms with Gasteiger partial charge in [0.25, 0.3) is 0 Å². The van der Waals surface area contributed by atoms with Crippen molar-refractivity contribution in [3.8, 4) is 0 Å². The summed E-state index contributed by atoms with van der Waals surface area (Å²) in [5.41, 5.74) is 0. The molecular formula is C20H39BrO3. The highest BCUT2D eigenvalue weighted by Crippen LogP contribution is 2.10. The Labute approximate surface area is 158 Å². The smallest absolute Gasteiger partial charge is 0.311 e. The third-order valence-corrected chi connectivity index (χ3v) is 4.87. The normalized spacial score (nSPS) is 12.3. The van der Waals surface area contributed by atoms with Gasteiger partial charge in [-0.15, -0.1) is 0 Å². The summed E-state index contributed by atoms with van der Waals surface area (Å²) in [6.07, 6.45) is 14.4. The fourth-order valence-corrected chi connectivity index (χ4v) is 2.98. The SMILES string of the molecule is CCCCCCCCCCOCC(CC)C(=O)OCCCCCBr. The standard InChI is InChI=1S/C20H39BrO3/c1-3-5-6-7-8-9-10-13-16-23-18-19(4-2)20(22)24-17-14-11-12-15-21/h19H,3-18H2,1-2H3. The van der Waals surface area contributed by atoms with E-state index in [0.29, 0.717) is 13.2 Å². The average molecular weight is 407 g/mol. The first-order chi connectivity index (χ1) is 11.8. The van der Waals surface area contributed by atoms with E-state index < -0.39 is 0 Å². The lowest BCUT2D eigenvalue weighted by atomic mass is 10.1. The van der Waals surface area contributed by atoms with Crippen LogP contribution < -0.4 is 0 Å². The van der Waals surface area contributed by atoms with Crippen LogP contribution in [-0.4, -0.2) is 31.1 Å². The Morgan fingerprint density at radius 2 is 1.42 bits per heavy atom. The summed E-state index contributed by atoms with van der Waals surface area (Å²) in [6.45, 7) is 6.09. The number of alkyl halides is 1. The van der Waals surface area contributed by atoms with Crippen molar-refractivity contribution in [2.75, 3.05) is 25.2 Å². The quantitative estimate of drug-likeness (QED) is 0.152. The van der Waals surface area contributed by atoms with Gasteiger partial charge in [0, 0.05) is 11.9 Å². The number of ether oxygens (including phenoxy) is 2. The van der Waals surface area contributed by atoms with E-state index in [1.807, 2.05) is 6.92 Å². The van der Waals surface area contributed by atoms with E-state index in [1.54, 1.807) is 0 Å². The topological polar surface area (TPSA) is 35.5 Å². The summed E-state index contributed by atoms with van der Waals surface area (Å²) in [5.74, 6) is -0.192. The number of hydrogen-bond acceptors (Lipinski definition) is 3. The summed E-state index contributed by atoms with van der Waals surface area (Å²) in [4.78, 5) is 12.0. The van der Waals surface area contributed by atoms with Gasteiger partial charge in [-0.2, -0.15) is 0 Å². The van der Waals surface area contributed by atoms with E-state index in [-0.39, 0.29) is 11.9 Å². The Morgan fingerprint density at radius 1 is 0.833 bits per heavy atom. The van der Waals surface area contributed by atoms with Crippen LogP contribution in [0.15, 0.2) is 0 Å². The van der Waals surface area contributed by atoms with Crippen LogP contribution in [-0.2, 0) is 14.3 Å². The molecule has 0 aromatic carbocycles. The first-order valence-electron chi connectivity index (χ1n) is 10.1. The molecule has 0 amide bonds. The van der Waals surface area contributed by atoms with Crippen molar-refractivity contribution in [3.63, 3.8) is 0 Å². The van der Waals surface area contributed by atoms with Crippen LogP contribution in [0, 0.1) is 5.92 Å². The Kier molecular flexibility index (Phi) is 19.2. The van der Waals surface area contributed by atoms with Crippen molar-refractivity contribution in [1.29, 1.82) is 0 Å². The Morgan fingerprint density at radius 3 is 2.04 bits per heavy atom. The lowest BCUT2D eigenvalue weighted by molar-refractivity contribution is -0.151. The van der Waals surface area contributed by atoms with E-state index in [0.717, 1.165) is 44.0 Å². The molecule has 0 bridgehead atoms. The predicted molar refractivity (Wildman–Crippen MR) is 106 cm³/mol. The molecule has 0 aromatic rings. The van der Waals surface area contributed by atoms with Crippen molar-refractivity contribution in [2.45, 2.75) is 90.9 Å². The van der Waals surface area contributed by atoms with Gasteiger partial charge in [-0.25, -0.2) is 0 Å². The van der Waals surface area contributed by atoms with Gasteiger partial charge < -0.3 is 9.47 Å². The third-order valence-electron chi connectivity index (χ3n) is 4.31. The number of carbonyl (C=O) groups excluding carboxylic acids is 1. The predicted octanol–water partition coefficient (Wildman–Crippen LogP) is 6.28. The lowest BCUT2D eigenvalue weighted by Crippen LogP contribution is -2.23. The highest BCUT2D eigenvalue weighted by Gasteiger charge is 2.17. The van der Waals surface area contributed by atoms with Crippen molar-refractivity contribution < 1.29 is 14.3 Å². The minimum Gasteiger partial charge on any atom is -0.465 e. The zero-order valence-corrected chi connectivity index (χ0v) is 17.6. The molecule has 0 radical (unpaired) electrons. The van der Waals surface area contributed by atoms with Crippen LogP contribution in [0.4, 0.5) is 0 Å². The van der Waals surface area contributed by atoms with Gasteiger partial charge in [0.1, 0.15) is 0 Å². The van der Waals surface area contributed by atoms with Gasteiger partial charge >= 0.3 is 5.97 Å². The Hall–Kier alpha value is -0.0900. The lowest BCUT2D eigenvalue weighted by Gasteiger charge is -2.14. The highest BCUT2D eigenvalue weighted by molar-refractivity contribution is 9.09. The Bertz CT molecular complexity index is 272. The molecule has 0 saturated heterocycles. The van der Waals surface area contributed by atoms with Gasteiger partial charge in [-0.05, 0) is 32.1 Å². The van der Waals surface area contributed by atoms with Crippen LogP contribution >= 0.6 is 15.9 Å². The van der Waals surface area contributed by atoms with Crippen molar-refractivity contribution in [3.05, 3.63) is 0 Å². The summed E-state index contributed by atoms with van der Waals surface area (Å²) >= 11 is 3.41. The minimum absolute atomic E-state index is 0.0905. The molecule has 0 rings (SSSR count). The largest absolute Gasteiger partial charge is 0.465 e. The van der Waals surface area contributed by atoms with Crippen LogP contribution in [0.2, 0.25) is 0 Å². The first-order valence-corrected chi connectivity index (χ1v) is 11.2. The number of carbonyl (C=O) groups is 1. The fraction of sp³-hybridized carbons (Fsp3) is 0.950. The number of unbranched alkanes of at least 4 members (excludes halogenated alkanes) is 9. The summed E-state index contributed by atoms with van der Waals surface area (Å²) in [7, 11) is 0.